The maximum atomic E-state index is 15.0. The molecule has 4 aromatic carbocycles. The second kappa shape index (κ2) is 21.1. The summed E-state index contributed by atoms with van der Waals surface area (Å²) in [6.45, 7) is 5.28. The fraction of sp³-hybridized carbons (Fsp3) is 0.419. The van der Waals surface area contributed by atoms with Gasteiger partial charge in [-0.2, -0.15) is 0 Å². The molecule has 57 heavy (non-hydrogen) atoms. The number of ether oxygens (including phenoxy) is 3. The molecule has 5 rings (SSSR count). The van der Waals surface area contributed by atoms with Gasteiger partial charge in [0.1, 0.15) is 5.75 Å². The van der Waals surface area contributed by atoms with Gasteiger partial charge in [0, 0.05) is 19.6 Å². The largest absolute Gasteiger partial charge is 0.504 e. The monoisotopic (exact) mass is 805 g/mol. The Hall–Kier alpha value is -4.78. The number of β-amino-alcohol motifs (C(OH)–C–C–N with tert-alkyl or cyclic N) is 1. The Labute approximate surface area is 335 Å². The summed E-state index contributed by atoms with van der Waals surface area (Å²) in [5.41, 5.74) is 3.18. The summed E-state index contributed by atoms with van der Waals surface area (Å²) in [7, 11) is -0.547. The molecule has 0 aromatic heterocycles. The molecule has 0 radical (unpaired) electrons. The van der Waals surface area contributed by atoms with Crippen molar-refractivity contribution in [2.45, 2.75) is 77.7 Å². The van der Waals surface area contributed by atoms with Crippen LogP contribution in [0.3, 0.4) is 0 Å². The van der Waals surface area contributed by atoms with Gasteiger partial charge in [-0.15, -0.1) is 0 Å². The molecule has 14 heteroatoms. The van der Waals surface area contributed by atoms with E-state index in [1.165, 1.54) is 26.4 Å². The number of hydrogen-bond donors (Lipinski definition) is 3. The zero-order chi connectivity index (χ0) is 40.8. The van der Waals surface area contributed by atoms with E-state index in [9.17, 15) is 19.9 Å². The van der Waals surface area contributed by atoms with E-state index in [-0.39, 0.29) is 61.6 Å². The highest BCUT2D eigenvalue weighted by atomic mass is 31.2. The van der Waals surface area contributed by atoms with Crippen LogP contribution in [-0.2, 0) is 39.7 Å². The Bertz CT molecular complexity index is 1900. The van der Waals surface area contributed by atoms with Crippen LogP contribution in [0.4, 0.5) is 4.79 Å². The number of phenols is 2. The minimum absolute atomic E-state index is 0.0237. The van der Waals surface area contributed by atoms with Crippen molar-refractivity contribution >= 4 is 13.6 Å². The second-order valence-corrected chi connectivity index (χ2v) is 16.1. The number of phenolic OH excluding ortho intramolecular Hbond substituents is 2. The molecular formula is C43H56N3O10P. The molecule has 0 spiro atoms. The van der Waals surface area contributed by atoms with Crippen LogP contribution in [0.15, 0.2) is 91.0 Å². The van der Waals surface area contributed by atoms with E-state index >= 15 is 4.79 Å². The van der Waals surface area contributed by atoms with Crippen LogP contribution >= 0.6 is 7.60 Å². The highest BCUT2D eigenvalue weighted by molar-refractivity contribution is 7.53. The number of urea groups is 1. The van der Waals surface area contributed by atoms with E-state index in [1.54, 1.807) is 46.3 Å². The molecule has 4 aromatic rings. The van der Waals surface area contributed by atoms with E-state index in [2.05, 4.69) is 0 Å². The molecule has 1 aliphatic heterocycles. The predicted molar refractivity (Wildman–Crippen MR) is 217 cm³/mol. The highest BCUT2D eigenvalue weighted by Crippen LogP contribution is 2.48. The maximum Gasteiger partial charge on any atom is 0.367 e. The van der Waals surface area contributed by atoms with Crippen molar-refractivity contribution in [2.24, 2.45) is 0 Å². The first-order valence-corrected chi connectivity index (χ1v) is 21.2. The lowest BCUT2D eigenvalue weighted by atomic mass is 9.99. The molecule has 308 valence electrons. The van der Waals surface area contributed by atoms with Crippen molar-refractivity contribution in [1.82, 2.24) is 14.9 Å². The first-order chi connectivity index (χ1) is 27.6. The number of aliphatic hydroxyl groups excluding tert-OH is 1. The van der Waals surface area contributed by atoms with Crippen LogP contribution in [-0.4, -0.2) is 88.7 Å². The van der Waals surface area contributed by atoms with Crippen molar-refractivity contribution in [1.29, 1.82) is 0 Å². The molecule has 2 atom stereocenters. The topological polar surface area (TPSA) is 151 Å². The van der Waals surface area contributed by atoms with Crippen LogP contribution in [0, 0.1) is 0 Å². The van der Waals surface area contributed by atoms with Gasteiger partial charge in [0.2, 0.25) is 0 Å². The Morgan fingerprint density at radius 2 is 1.28 bits per heavy atom. The Morgan fingerprint density at radius 3 is 1.84 bits per heavy atom. The number of unbranched alkanes of at least 4 members (excludes halogenated alkanes) is 2. The van der Waals surface area contributed by atoms with Gasteiger partial charge in [0.05, 0.1) is 46.1 Å². The number of hydrogen-bond acceptors (Lipinski definition) is 11. The predicted octanol–water partition coefficient (Wildman–Crippen LogP) is 8.11. The number of aliphatic hydroxyl groups is 1. The molecule has 1 aliphatic rings. The van der Waals surface area contributed by atoms with Crippen LogP contribution in [0.1, 0.15) is 61.8 Å². The molecule has 0 unspecified atom stereocenters. The molecule has 1 saturated heterocycles. The van der Waals surface area contributed by atoms with E-state index < -0.39 is 19.7 Å². The van der Waals surface area contributed by atoms with E-state index in [1.807, 2.05) is 61.3 Å². The van der Waals surface area contributed by atoms with Gasteiger partial charge in [-0.1, -0.05) is 81.3 Å². The number of benzene rings is 4. The Morgan fingerprint density at radius 1 is 0.719 bits per heavy atom. The van der Waals surface area contributed by atoms with E-state index in [0.717, 1.165) is 36.8 Å². The lowest BCUT2D eigenvalue weighted by Crippen LogP contribution is -2.51. The van der Waals surface area contributed by atoms with Gasteiger partial charge >= 0.3 is 13.6 Å². The van der Waals surface area contributed by atoms with Crippen LogP contribution in [0.5, 0.6) is 28.7 Å². The average molecular weight is 806 g/mol. The zero-order valence-corrected chi connectivity index (χ0v) is 34.2. The van der Waals surface area contributed by atoms with Gasteiger partial charge in [0.15, 0.2) is 29.3 Å². The lowest BCUT2D eigenvalue weighted by molar-refractivity contribution is -0.0213. The summed E-state index contributed by atoms with van der Waals surface area (Å²) >= 11 is 0. The highest BCUT2D eigenvalue weighted by Gasteiger charge is 2.40. The first-order valence-electron chi connectivity index (χ1n) is 19.4. The third kappa shape index (κ3) is 12.1. The van der Waals surface area contributed by atoms with Gasteiger partial charge in [-0.25, -0.2) is 9.80 Å². The molecule has 0 saturated carbocycles. The van der Waals surface area contributed by atoms with Crippen molar-refractivity contribution < 1.29 is 47.9 Å². The Balaban J connectivity index is 1.45. The number of carbonyl (C=O) groups is 1. The minimum Gasteiger partial charge on any atom is -0.504 e. The van der Waals surface area contributed by atoms with Crippen LogP contribution < -0.4 is 14.2 Å². The van der Waals surface area contributed by atoms with Crippen LogP contribution in [0.25, 0.3) is 0 Å². The summed E-state index contributed by atoms with van der Waals surface area (Å²) in [4.78, 5) is 16.7. The summed E-state index contributed by atoms with van der Waals surface area (Å²) in [6, 6.07) is 25.9. The SMILES string of the molecule is CCCCOP(=O)(COc1ccc(CN2C[C@@H](O)[C@@H](Cc3ccccc3)N(Cc3ccc(O)c(OC)c3)C(=O)N2Cc2ccc(O)c(OC)c2)cc1)OCCCC. The average Bonchev–Trinajstić information content (AvgIpc) is 3.29. The van der Waals surface area contributed by atoms with Crippen molar-refractivity contribution in [3.05, 3.63) is 113 Å². The number of methoxy groups -OCH3 is 2. The molecule has 0 aliphatic carbocycles. The standard InChI is InChI=1S/C43H56N3O10P/c1-5-7-22-55-57(51,56-23-8-6-2)31-54-36-18-14-33(15-19-36)27-44-30-40(49)37(24-32-12-10-9-11-13-32)45(28-34-16-20-38(47)41(25-34)52-3)43(50)46(44)29-35-17-21-39(48)42(26-35)53-4/h9-21,25-26,37,40,47-49H,5-8,22-24,27-31H2,1-4H3/t37-,40-/m1/s1. The van der Waals surface area contributed by atoms with Crippen LogP contribution in [0.2, 0.25) is 0 Å². The summed E-state index contributed by atoms with van der Waals surface area (Å²) in [6.07, 6.45) is 2.51. The molecule has 13 nitrogen and oxygen atoms in total. The molecule has 0 bridgehead atoms. The lowest BCUT2D eigenvalue weighted by Gasteiger charge is -2.36. The number of aromatic hydroxyl groups is 2. The molecule has 2 amide bonds. The number of amides is 2. The summed E-state index contributed by atoms with van der Waals surface area (Å²) < 4.78 is 41.5. The summed E-state index contributed by atoms with van der Waals surface area (Å²) in [5, 5.41) is 36.2. The summed E-state index contributed by atoms with van der Waals surface area (Å²) in [5.74, 6) is 0.969. The molecule has 3 N–H and O–H groups in total. The van der Waals surface area contributed by atoms with Gasteiger partial charge in [-0.05, 0) is 77.9 Å². The number of hydrazine groups is 1. The fourth-order valence-electron chi connectivity index (χ4n) is 6.53. The smallest absolute Gasteiger partial charge is 0.367 e. The first kappa shape index (κ1) is 43.3. The van der Waals surface area contributed by atoms with Crippen molar-refractivity contribution in [3.8, 4) is 28.7 Å². The second-order valence-electron chi connectivity index (χ2n) is 14.1. The van der Waals surface area contributed by atoms with E-state index in [0.29, 0.717) is 36.5 Å². The molecule has 1 heterocycles. The minimum atomic E-state index is -3.48. The van der Waals surface area contributed by atoms with Crippen molar-refractivity contribution in [3.63, 3.8) is 0 Å². The van der Waals surface area contributed by atoms with Crippen molar-refractivity contribution in [2.75, 3.05) is 40.3 Å². The quantitative estimate of drug-likeness (QED) is 0.0554. The third-order valence-corrected chi connectivity index (χ3v) is 11.4. The van der Waals surface area contributed by atoms with Gasteiger partial charge in [0.25, 0.3) is 0 Å². The maximum absolute atomic E-state index is 15.0. The third-order valence-electron chi connectivity index (χ3n) is 9.76. The number of carbonyl (C=O) groups excluding carboxylic acids is 1. The Kier molecular flexibility index (Phi) is 16.1. The number of rotatable bonds is 21. The fourth-order valence-corrected chi connectivity index (χ4v) is 7.88. The van der Waals surface area contributed by atoms with E-state index in [4.69, 9.17) is 23.3 Å². The van der Waals surface area contributed by atoms with Gasteiger partial charge < -0.3 is 43.5 Å². The molecular weight excluding hydrogens is 749 g/mol. The normalized spacial score (nSPS) is 16.4. The molecule has 1 fully saturated rings. The number of nitrogens with zero attached hydrogens (tertiary/aromatic N) is 3. The van der Waals surface area contributed by atoms with Gasteiger partial charge in [-0.3, -0.25) is 9.57 Å². The zero-order valence-electron chi connectivity index (χ0n) is 33.3.